The van der Waals surface area contributed by atoms with Gasteiger partial charge >= 0.3 is 0 Å². The molecule has 1 fully saturated rings. The van der Waals surface area contributed by atoms with Crippen molar-refractivity contribution in [2.45, 2.75) is 24.8 Å². The standard InChI is InChI=1S/C15H23FN4O/c1-19(2)15(8-5-9-15)10-20(3)14(21)11-6-4-7-12(16)13(11)18-17/h4,6-7,18H,5,8-10,17H2,1-3H3. The molecule has 1 amide bonds. The molecule has 1 aliphatic rings. The molecule has 0 bridgehead atoms. The molecule has 0 aromatic heterocycles. The quantitative estimate of drug-likeness (QED) is 0.640. The lowest BCUT2D eigenvalue weighted by Crippen LogP contribution is -2.57. The molecule has 0 saturated heterocycles. The van der Waals surface area contributed by atoms with Crippen LogP contribution in [0.5, 0.6) is 0 Å². The number of benzene rings is 1. The minimum absolute atomic E-state index is 0.0358. The Hall–Kier alpha value is -1.66. The Labute approximate surface area is 124 Å². The number of para-hydroxylation sites is 1. The average molecular weight is 294 g/mol. The number of nitrogens with one attached hydrogen (secondary N) is 1. The van der Waals surface area contributed by atoms with E-state index in [1.165, 1.54) is 18.6 Å². The summed E-state index contributed by atoms with van der Waals surface area (Å²) in [7, 11) is 5.82. The Morgan fingerprint density at radius 2 is 2.05 bits per heavy atom. The first kappa shape index (κ1) is 15.7. The third-order valence-corrected chi connectivity index (χ3v) is 4.50. The smallest absolute Gasteiger partial charge is 0.255 e. The first-order chi connectivity index (χ1) is 9.91. The number of amides is 1. The van der Waals surface area contributed by atoms with Crippen LogP contribution in [0.3, 0.4) is 0 Å². The molecule has 1 aromatic carbocycles. The molecule has 5 nitrogen and oxygen atoms in total. The molecule has 0 spiro atoms. The molecule has 0 heterocycles. The summed E-state index contributed by atoms with van der Waals surface area (Å²) in [6.45, 7) is 0.624. The summed E-state index contributed by atoms with van der Waals surface area (Å²) in [6, 6.07) is 4.38. The van der Waals surface area contributed by atoms with Gasteiger partial charge in [-0.05, 0) is 45.5 Å². The summed E-state index contributed by atoms with van der Waals surface area (Å²) in [5.74, 6) is 4.58. The van der Waals surface area contributed by atoms with Crippen molar-refractivity contribution in [2.75, 3.05) is 33.1 Å². The Balaban J connectivity index is 2.18. The molecule has 1 saturated carbocycles. The average Bonchev–Trinajstić information content (AvgIpc) is 2.41. The summed E-state index contributed by atoms with van der Waals surface area (Å²) < 4.78 is 13.7. The van der Waals surface area contributed by atoms with Gasteiger partial charge in [-0.25, -0.2) is 4.39 Å². The topological polar surface area (TPSA) is 61.6 Å². The normalized spacial score (nSPS) is 16.5. The van der Waals surface area contributed by atoms with Crippen LogP contribution in [0.1, 0.15) is 29.6 Å². The van der Waals surface area contributed by atoms with Gasteiger partial charge in [0.2, 0.25) is 0 Å². The fourth-order valence-corrected chi connectivity index (χ4v) is 2.90. The zero-order valence-electron chi connectivity index (χ0n) is 12.8. The van der Waals surface area contributed by atoms with Crippen molar-refractivity contribution >= 4 is 11.6 Å². The van der Waals surface area contributed by atoms with Gasteiger partial charge in [0.25, 0.3) is 5.91 Å². The Kier molecular flexibility index (Phi) is 4.49. The lowest BCUT2D eigenvalue weighted by atomic mass is 9.75. The third-order valence-electron chi connectivity index (χ3n) is 4.50. The fraction of sp³-hybridized carbons (Fsp3) is 0.533. The molecule has 0 aliphatic heterocycles. The highest BCUT2D eigenvalue weighted by Crippen LogP contribution is 2.37. The lowest BCUT2D eigenvalue weighted by molar-refractivity contribution is 0.0253. The monoisotopic (exact) mass is 294 g/mol. The highest BCUT2D eigenvalue weighted by Gasteiger charge is 2.40. The minimum Gasteiger partial charge on any atom is -0.340 e. The van der Waals surface area contributed by atoms with Gasteiger partial charge in [-0.3, -0.25) is 10.6 Å². The Bertz CT molecular complexity index is 528. The van der Waals surface area contributed by atoms with Crippen molar-refractivity contribution in [1.82, 2.24) is 9.80 Å². The van der Waals surface area contributed by atoms with Crippen molar-refractivity contribution in [3.8, 4) is 0 Å². The van der Waals surface area contributed by atoms with Gasteiger partial charge in [0, 0.05) is 19.1 Å². The van der Waals surface area contributed by atoms with Crippen LogP contribution in [-0.4, -0.2) is 48.9 Å². The van der Waals surface area contributed by atoms with Gasteiger partial charge in [-0.15, -0.1) is 0 Å². The highest BCUT2D eigenvalue weighted by atomic mass is 19.1. The van der Waals surface area contributed by atoms with E-state index in [0.29, 0.717) is 6.54 Å². The number of carbonyl (C=O) groups is 1. The predicted molar refractivity (Wildman–Crippen MR) is 81.4 cm³/mol. The molecule has 21 heavy (non-hydrogen) atoms. The largest absolute Gasteiger partial charge is 0.340 e. The predicted octanol–water partition coefficient (Wildman–Crippen LogP) is 1.67. The lowest BCUT2D eigenvalue weighted by Gasteiger charge is -2.49. The van der Waals surface area contributed by atoms with E-state index < -0.39 is 5.82 Å². The maximum atomic E-state index is 13.7. The van der Waals surface area contributed by atoms with Gasteiger partial charge in [0.05, 0.1) is 11.3 Å². The second-order valence-corrected chi connectivity index (χ2v) is 5.94. The van der Waals surface area contributed by atoms with E-state index in [0.717, 1.165) is 12.8 Å². The number of halogens is 1. The Morgan fingerprint density at radius 1 is 1.38 bits per heavy atom. The molecular weight excluding hydrogens is 271 g/mol. The number of likely N-dealkylation sites (N-methyl/N-ethyl adjacent to an activating group) is 2. The number of hydrogen-bond donors (Lipinski definition) is 2. The molecule has 0 radical (unpaired) electrons. The van der Waals surface area contributed by atoms with Gasteiger partial charge in [-0.1, -0.05) is 6.07 Å². The summed E-state index contributed by atoms with van der Waals surface area (Å²) in [6.07, 6.45) is 3.32. The van der Waals surface area contributed by atoms with Crippen molar-refractivity contribution in [3.63, 3.8) is 0 Å². The molecule has 0 atom stereocenters. The number of rotatable bonds is 5. The van der Waals surface area contributed by atoms with Crippen molar-refractivity contribution in [2.24, 2.45) is 5.84 Å². The Morgan fingerprint density at radius 3 is 2.52 bits per heavy atom. The van der Waals surface area contributed by atoms with Crippen LogP contribution in [0, 0.1) is 5.82 Å². The highest BCUT2D eigenvalue weighted by molar-refractivity contribution is 5.99. The maximum absolute atomic E-state index is 13.7. The van der Waals surface area contributed by atoms with E-state index in [-0.39, 0.29) is 22.7 Å². The number of anilines is 1. The number of hydrazine groups is 1. The van der Waals surface area contributed by atoms with Crippen LogP contribution in [-0.2, 0) is 0 Å². The van der Waals surface area contributed by atoms with Crippen molar-refractivity contribution in [1.29, 1.82) is 0 Å². The maximum Gasteiger partial charge on any atom is 0.255 e. The van der Waals surface area contributed by atoms with Gasteiger partial charge in [0.15, 0.2) is 0 Å². The second kappa shape index (κ2) is 5.99. The second-order valence-electron chi connectivity index (χ2n) is 5.94. The van der Waals surface area contributed by atoms with Gasteiger partial charge < -0.3 is 15.2 Å². The summed E-state index contributed by atoms with van der Waals surface area (Å²) in [5, 5.41) is 0. The number of carbonyl (C=O) groups excluding carboxylic acids is 1. The first-order valence-corrected chi connectivity index (χ1v) is 7.09. The molecule has 1 aliphatic carbocycles. The molecule has 1 aromatic rings. The van der Waals surface area contributed by atoms with E-state index in [2.05, 4.69) is 10.3 Å². The molecular formula is C15H23FN4O. The van der Waals surface area contributed by atoms with E-state index in [9.17, 15) is 9.18 Å². The van der Waals surface area contributed by atoms with Crippen molar-refractivity contribution < 1.29 is 9.18 Å². The number of nitrogens with two attached hydrogens (primary N) is 1. The van der Waals surface area contributed by atoms with E-state index >= 15 is 0 Å². The number of nitrogens with zero attached hydrogens (tertiary/aromatic N) is 2. The molecule has 3 N–H and O–H groups in total. The van der Waals surface area contributed by atoms with Gasteiger partial charge in [-0.2, -0.15) is 0 Å². The summed E-state index contributed by atoms with van der Waals surface area (Å²) >= 11 is 0. The van der Waals surface area contributed by atoms with Crippen LogP contribution < -0.4 is 11.3 Å². The molecule has 116 valence electrons. The van der Waals surface area contributed by atoms with Gasteiger partial charge in [0.1, 0.15) is 5.82 Å². The van der Waals surface area contributed by atoms with Crippen LogP contribution in [0.15, 0.2) is 18.2 Å². The van der Waals surface area contributed by atoms with E-state index in [4.69, 9.17) is 5.84 Å². The third kappa shape index (κ3) is 2.87. The zero-order valence-corrected chi connectivity index (χ0v) is 12.8. The van der Waals surface area contributed by atoms with Crippen LogP contribution in [0.4, 0.5) is 10.1 Å². The van der Waals surface area contributed by atoms with E-state index in [1.807, 2.05) is 14.1 Å². The minimum atomic E-state index is -0.525. The molecule has 2 rings (SSSR count). The molecule has 0 unspecified atom stereocenters. The summed E-state index contributed by atoms with van der Waals surface area (Å²) in [5.41, 5.74) is 2.62. The molecule has 6 heteroatoms. The SMILES string of the molecule is CN(CC1(N(C)C)CCC1)C(=O)c1cccc(F)c1NN. The number of hydrogen-bond acceptors (Lipinski definition) is 4. The van der Waals surface area contributed by atoms with E-state index in [1.54, 1.807) is 18.0 Å². The van der Waals surface area contributed by atoms with Crippen LogP contribution >= 0.6 is 0 Å². The van der Waals surface area contributed by atoms with Crippen LogP contribution in [0.25, 0.3) is 0 Å². The van der Waals surface area contributed by atoms with Crippen molar-refractivity contribution in [3.05, 3.63) is 29.6 Å². The first-order valence-electron chi connectivity index (χ1n) is 7.09. The van der Waals surface area contributed by atoms with Crippen LogP contribution in [0.2, 0.25) is 0 Å². The zero-order chi connectivity index (χ0) is 15.6. The summed E-state index contributed by atoms with van der Waals surface area (Å²) in [4.78, 5) is 16.4. The fourth-order valence-electron chi connectivity index (χ4n) is 2.90. The number of nitrogen functional groups attached to an aromatic ring is 1.